The van der Waals surface area contributed by atoms with Gasteiger partial charge in [0, 0.05) is 23.0 Å². The van der Waals surface area contributed by atoms with E-state index in [1.165, 1.54) is 42.6 Å². The molecule has 138 valence electrons. The van der Waals surface area contributed by atoms with Crippen LogP contribution >= 0.6 is 0 Å². The highest BCUT2D eigenvalue weighted by atomic mass is 19.4. The van der Waals surface area contributed by atoms with Crippen molar-refractivity contribution in [3.63, 3.8) is 0 Å². The van der Waals surface area contributed by atoms with Crippen molar-refractivity contribution < 1.29 is 27.1 Å². The number of pyridine rings is 1. The molecule has 0 spiro atoms. The molecule has 0 atom stereocenters. The van der Waals surface area contributed by atoms with Gasteiger partial charge in [0.25, 0.3) is 5.91 Å². The number of aromatic nitrogens is 1. The Morgan fingerprint density at radius 1 is 0.963 bits per heavy atom. The van der Waals surface area contributed by atoms with Crippen molar-refractivity contribution in [2.45, 2.75) is 6.36 Å². The Morgan fingerprint density at radius 2 is 1.63 bits per heavy atom. The molecule has 0 radical (unpaired) electrons. The minimum atomic E-state index is -4.78. The summed E-state index contributed by atoms with van der Waals surface area (Å²) in [5.74, 6) is -1.33. The maximum Gasteiger partial charge on any atom is 0.573 e. The monoisotopic (exact) mass is 376 g/mol. The third-order valence-electron chi connectivity index (χ3n) is 3.52. The molecule has 0 saturated carbocycles. The third kappa shape index (κ3) is 4.81. The number of alkyl halides is 3. The second kappa shape index (κ2) is 7.45. The Hall–Kier alpha value is -3.42. The van der Waals surface area contributed by atoms with Crippen molar-refractivity contribution >= 4 is 11.6 Å². The molecule has 1 heterocycles. The minimum Gasteiger partial charge on any atom is -0.406 e. The largest absolute Gasteiger partial charge is 0.573 e. The summed E-state index contributed by atoms with van der Waals surface area (Å²) in [6, 6.07) is 13.6. The zero-order valence-electron chi connectivity index (χ0n) is 13.6. The summed E-state index contributed by atoms with van der Waals surface area (Å²) < 4.78 is 53.9. The first kappa shape index (κ1) is 18.4. The van der Waals surface area contributed by atoms with Gasteiger partial charge in [0.15, 0.2) is 0 Å². The van der Waals surface area contributed by atoms with Gasteiger partial charge in [-0.25, -0.2) is 4.39 Å². The van der Waals surface area contributed by atoms with Gasteiger partial charge in [0.1, 0.15) is 17.3 Å². The Morgan fingerprint density at radius 3 is 2.22 bits per heavy atom. The summed E-state index contributed by atoms with van der Waals surface area (Å²) in [4.78, 5) is 16.2. The van der Waals surface area contributed by atoms with E-state index >= 15 is 0 Å². The second-order valence-electron chi connectivity index (χ2n) is 5.44. The van der Waals surface area contributed by atoms with Gasteiger partial charge in [-0.15, -0.1) is 13.2 Å². The Bertz CT molecular complexity index is 939. The van der Waals surface area contributed by atoms with Gasteiger partial charge in [0.2, 0.25) is 0 Å². The van der Waals surface area contributed by atoms with Crippen molar-refractivity contribution in [2.24, 2.45) is 0 Å². The van der Waals surface area contributed by atoms with Crippen LogP contribution in [0.3, 0.4) is 0 Å². The number of hydrogen-bond acceptors (Lipinski definition) is 3. The fourth-order valence-electron chi connectivity index (χ4n) is 2.32. The van der Waals surface area contributed by atoms with E-state index in [4.69, 9.17) is 0 Å². The van der Waals surface area contributed by atoms with Crippen molar-refractivity contribution in [2.75, 3.05) is 5.32 Å². The van der Waals surface area contributed by atoms with Crippen LogP contribution in [0.1, 0.15) is 10.4 Å². The molecule has 1 N–H and O–H groups in total. The highest BCUT2D eigenvalue weighted by Crippen LogP contribution is 2.24. The van der Waals surface area contributed by atoms with Crippen LogP contribution in [0.4, 0.5) is 23.2 Å². The van der Waals surface area contributed by atoms with Gasteiger partial charge < -0.3 is 10.1 Å². The van der Waals surface area contributed by atoms with Crippen LogP contribution in [0.5, 0.6) is 5.75 Å². The minimum absolute atomic E-state index is 0.171. The first-order valence-electron chi connectivity index (χ1n) is 7.70. The number of rotatable bonds is 4. The molecule has 4 nitrogen and oxygen atoms in total. The highest BCUT2D eigenvalue weighted by molar-refractivity contribution is 6.04. The van der Waals surface area contributed by atoms with Gasteiger partial charge in [-0.05, 0) is 48.5 Å². The molecule has 8 heteroatoms. The van der Waals surface area contributed by atoms with Gasteiger partial charge in [-0.3, -0.25) is 9.78 Å². The summed E-state index contributed by atoms with van der Waals surface area (Å²) in [5, 5.41) is 2.55. The first-order chi connectivity index (χ1) is 12.8. The smallest absolute Gasteiger partial charge is 0.406 e. The van der Waals surface area contributed by atoms with Gasteiger partial charge in [-0.1, -0.05) is 12.1 Å². The number of ether oxygens (including phenoxy) is 1. The summed E-state index contributed by atoms with van der Waals surface area (Å²) in [7, 11) is 0. The number of nitrogens with one attached hydrogen (secondary N) is 1. The molecule has 0 unspecified atom stereocenters. The number of anilines is 1. The Kier molecular flexibility index (Phi) is 5.07. The van der Waals surface area contributed by atoms with Crippen LogP contribution in [-0.2, 0) is 0 Å². The van der Waals surface area contributed by atoms with E-state index in [0.717, 1.165) is 12.1 Å². The topological polar surface area (TPSA) is 51.2 Å². The first-order valence-corrected chi connectivity index (χ1v) is 7.70. The molecule has 0 aliphatic rings. The molecule has 1 amide bonds. The molecule has 0 fully saturated rings. The number of amides is 1. The summed E-state index contributed by atoms with van der Waals surface area (Å²) in [5.41, 5.74) is 1.28. The number of carbonyl (C=O) groups is 1. The van der Waals surface area contributed by atoms with Crippen molar-refractivity contribution in [3.05, 3.63) is 78.2 Å². The van der Waals surface area contributed by atoms with Crippen molar-refractivity contribution in [1.29, 1.82) is 0 Å². The van der Waals surface area contributed by atoms with E-state index in [-0.39, 0.29) is 11.4 Å². The molecule has 2 aromatic carbocycles. The maximum absolute atomic E-state index is 13.7. The van der Waals surface area contributed by atoms with E-state index in [9.17, 15) is 22.4 Å². The number of halogens is 4. The lowest BCUT2D eigenvalue weighted by Crippen LogP contribution is -2.17. The Labute approximate surface area is 151 Å². The SMILES string of the molecule is O=C(Nc1ccc(OC(F)(F)F)cc1)c1ccc(-c2ncccc2F)cc1. The van der Waals surface area contributed by atoms with Crippen LogP contribution in [0.2, 0.25) is 0 Å². The van der Waals surface area contributed by atoms with E-state index in [1.54, 1.807) is 12.1 Å². The predicted octanol–water partition coefficient (Wildman–Crippen LogP) is 5.04. The molecule has 0 bridgehead atoms. The number of hydrogen-bond donors (Lipinski definition) is 1. The van der Waals surface area contributed by atoms with Crippen LogP contribution in [-0.4, -0.2) is 17.3 Å². The summed E-state index contributed by atoms with van der Waals surface area (Å²) in [6.07, 6.45) is -3.31. The molecular formula is C19H12F4N2O2. The molecular weight excluding hydrogens is 364 g/mol. The van der Waals surface area contributed by atoms with Gasteiger partial charge >= 0.3 is 6.36 Å². The molecule has 3 rings (SSSR count). The zero-order valence-corrected chi connectivity index (χ0v) is 13.6. The van der Waals surface area contributed by atoms with Crippen LogP contribution in [0, 0.1) is 5.82 Å². The molecule has 0 aliphatic heterocycles. The maximum atomic E-state index is 13.7. The van der Waals surface area contributed by atoms with E-state index in [1.807, 2.05) is 0 Å². The zero-order chi connectivity index (χ0) is 19.4. The average molecular weight is 376 g/mol. The summed E-state index contributed by atoms with van der Waals surface area (Å²) >= 11 is 0. The number of carbonyl (C=O) groups excluding carboxylic acids is 1. The van der Waals surface area contributed by atoms with Gasteiger partial charge in [0.05, 0.1) is 0 Å². The van der Waals surface area contributed by atoms with Gasteiger partial charge in [-0.2, -0.15) is 0 Å². The standard InChI is InChI=1S/C19H12F4N2O2/c20-16-2-1-11-24-17(16)12-3-5-13(6-4-12)18(26)25-14-7-9-15(10-8-14)27-19(21,22)23/h1-11H,(H,25,26). The lowest BCUT2D eigenvalue weighted by atomic mass is 10.1. The average Bonchev–Trinajstić information content (AvgIpc) is 2.63. The van der Waals surface area contributed by atoms with E-state index in [0.29, 0.717) is 16.8 Å². The van der Waals surface area contributed by atoms with Crippen LogP contribution in [0.15, 0.2) is 66.9 Å². The van der Waals surface area contributed by atoms with E-state index < -0.39 is 18.1 Å². The molecule has 0 saturated heterocycles. The summed E-state index contributed by atoms with van der Waals surface area (Å²) in [6.45, 7) is 0. The highest BCUT2D eigenvalue weighted by Gasteiger charge is 2.30. The molecule has 1 aromatic heterocycles. The number of benzene rings is 2. The predicted molar refractivity (Wildman–Crippen MR) is 90.7 cm³/mol. The lowest BCUT2D eigenvalue weighted by Gasteiger charge is -2.10. The molecule has 3 aromatic rings. The lowest BCUT2D eigenvalue weighted by molar-refractivity contribution is -0.274. The number of nitrogens with zero attached hydrogens (tertiary/aromatic N) is 1. The quantitative estimate of drug-likeness (QED) is 0.649. The van der Waals surface area contributed by atoms with E-state index in [2.05, 4.69) is 15.0 Å². The fourth-order valence-corrected chi connectivity index (χ4v) is 2.32. The molecule has 27 heavy (non-hydrogen) atoms. The molecule has 0 aliphatic carbocycles. The fraction of sp³-hybridized carbons (Fsp3) is 0.0526. The van der Waals surface area contributed by atoms with Crippen LogP contribution in [0.25, 0.3) is 11.3 Å². The van der Waals surface area contributed by atoms with Crippen LogP contribution < -0.4 is 10.1 Å². The third-order valence-corrected chi connectivity index (χ3v) is 3.52. The van der Waals surface area contributed by atoms with Crippen molar-refractivity contribution in [1.82, 2.24) is 4.98 Å². The Balaban J connectivity index is 1.69. The normalized spacial score (nSPS) is 11.1. The second-order valence-corrected chi connectivity index (χ2v) is 5.44. The van der Waals surface area contributed by atoms with Crippen molar-refractivity contribution in [3.8, 4) is 17.0 Å².